The lowest BCUT2D eigenvalue weighted by Gasteiger charge is -2.45. The first kappa shape index (κ1) is 25.2. The highest BCUT2D eigenvalue weighted by Gasteiger charge is 2.50. The predicted octanol–water partition coefficient (Wildman–Crippen LogP) is 5.26. The van der Waals surface area contributed by atoms with E-state index in [1.54, 1.807) is 5.57 Å². The SMILES string of the molecule is C=C1[C@H](O)CC(=C/C=C2\CCC[C@]3(C)[C@@H](C(C)CCN4C[C@@H](C)OC[C@H]4C)CC[C@@H]23)C[C@H]1O. The zero-order chi connectivity index (χ0) is 23.8. The van der Waals surface area contributed by atoms with Gasteiger partial charge in [0, 0.05) is 12.6 Å². The number of aliphatic hydroxyl groups is 2. The van der Waals surface area contributed by atoms with Crippen molar-refractivity contribution in [3.8, 4) is 0 Å². The van der Waals surface area contributed by atoms with Crippen molar-refractivity contribution in [1.29, 1.82) is 0 Å². The normalized spacial score (nSPS) is 42.4. The minimum atomic E-state index is -0.607. The molecule has 4 rings (SSSR count). The van der Waals surface area contributed by atoms with Gasteiger partial charge in [-0.1, -0.05) is 43.7 Å². The fraction of sp³-hybridized carbons (Fsp3) is 0.793. The second kappa shape index (κ2) is 10.4. The molecule has 4 fully saturated rings. The maximum absolute atomic E-state index is 10.2. The van der Waals surface area contributed by atoms with E-state index >= 15 is 0 Å². The molecule has 4 nitrogen and oxygen atoms in total. The van der Waals surface area contributed by atoms with E-state index in [-0.39, 0.29) is 0 Å². The number of allylic oxidation sites excluding steroid dienone is 3. The number of nitrogens with zero attached hydrogens (tertiary/aromatic N) is 1. The molecule has 1 saturated heterocycles. The van der Waals surface area contributed by atoms with Crippen LogP contribution in [0.4, 0.5) is 0 Å². The maximum atomic E-state index is 10.2. The quantitative estimate of drug-likeness (QED) is 0.553. The summed E-state index contributed by atoms with van der Waals surface area (Å²) in [6.07, 6.45) is 12.7. The molecule has 186 valence electrons. The number of ether oxygens (including phenoxy) is 1. The third-order valence-corrected chi connectivity index (χ3v) is 9.63. The minimum Gasteiger partial charge on any atom is -0.388 e. The van der Waals surface area contributed by atoms with Gasteiger partial charge in [-0.2, -0.15) is 0 Å². The van der Waals surface area contributed by atoms with E-state index < -0.39 is 12.2 Å². The van der Waals surface area contributed by atoms with Gasteiger partial charge in [0.1, 0.15) is 0 Å². The molecule has 0 amide bonds. The molecule has 8 atom stereocenters. The van der Waals surface area contributed by atoms with Gasteiger partial charge in [-0.25, -0.2) is 0 Å². The van der Waals surface area contributed by atoms with Gasteiger partial charge in [-0.05, 0) is 101 Å². The van der Waals surface area contributed by atoms with Crippen molar-refractivity contribution >= 4 is 0 Å². The molecule has 1 unspecified atom stereocenters. The van der Waals surface area contributed by atoms with Gasteiger partial charge in [0.25, 0.3) is 0 Å². The third-order valence-electron chi connectivity index (χ3n) is 9.63. The van der Waals surface area contributed by atoms with Gasteiger partial charge in [-0.15, -0.1) is 0 Å². The van der Waals surface area contributed by atoms with Crippen LogP contribution in [0.5, 0.6) is 0 Å². The van der Waals surface area contributed by atoms with E-state index in [1.165, 1.54) is 45.1 Å². The number of morpholine rings is 1. The van der Waals surface area contributed by atoms with Gasteiger partial charge in [0.15, 0.2) is 0 Å². The molecular formula is C29H47NO3. The second-order valence-corrected chi connectivity index (χ2v) is 11.9. The number of hydrogen-bond acceptors (Lipinski definition) is 4. The molecule has 0 aromatic heterocycles. The highest BCUT2D eigenvalue weighted by molar-refractivity contribution is 5.29. The number of hydrogen-bond donors (Lipinski definition) is 2. The number of aliphatic hydroxyl groups excluding tert-OH is 2. The Balaban J connectivity index is 1.40. The number of rotatable bonds is 5. The summed E-state index contributed by atoms with van der Waals surface area (Å²) in [6.45, 7) is 16.5. The van der Waals surface area contributed by atoms with Crippen LogP contribution in [0, 0.1) is 23.2 Å². The van der Waals surface area contributed by atoms with E-state index in [2.05, 4.69) is 51.3 Å². The molecule has 33 heavy (non-hydrogen) atoms. The highest BCUT2D eigenvalue weighted by atomic mass is 16.5. The van der Waals surface area contributed by atoms with Crippen LogP contribution in [0.15, 0.2) is 35.5 Å². The van der Waals surface area contributed by atoms with Gasteiger partial charge in [-0.3, -0.25) is 4.90 Å². The summed E-state index contributed by atoms with van der Waals surface area (Å²) in [7, 11) is 0. The molecule has 0 spiro atoms. The second-order valence-electron chi connectivity index (χ2n) is 11.9. The van der Waals surface area contributed by atoms with Gasteiger partial charge >= 0.3 is 0 Å². The molecule has 4 aliphatic rings. The summed E-state index contributed by atoms with van der Waals surface area (Å²) >= 11 is 0. The lowest BCUT2D eigenvalue weighted by atomic mass is 9.61. The fourth-order valence-electron chi connectivity index (χ4n) is 7.49. The van der Waals surface area contributed by atoms with Crippen LogP contribution in [0.3, 0.4) is 0 Å². The summed E-state index contributed by atoms with van der Waals surface area (Å²) < 4.78 is 5.82. The average Bonchev–Trinajstić information content (AvgIpc) is 3.14. The van der Waals surface area contributed by atoms with E-state index in [0.717, 1.165) is 30.6 Å². The van der Waals surface area contributed by atoms with Gasteiger partial charge in [0.05, 0.1) is 24.9 Å². The van der Waals surface area contributed by atoms with Crippen LogP contribution < -0.4 is 0 Å². The Bertz CT molecular complexity index is 757. The van der Waals surface area contributed by atoms with Gasteiger partial charge in [0.2, 0.25) is 0 Å². The summed E-state index contributed by atoms with van der Waals surface area (Å²) in [6, 6.07) is 0.534. The largest absolute Gasteiger partial charge is 0.388 e. The first-order valence-electron chi connectivity index (χ1n) is 13.5. The summed E-state index contributed by atoms with van der Waals surface area (Å²) in [5.41, 5.74) is 3.73. The van der Waals surface area contributed by atoms with E-state index in [9.17, 15) is 10.2 Å². The Kier molecular flexibility index (Phi) is 7.90. The van der Waals surface area contributed by atoms with Gasteiger partial charge < -0.3 is 14.9 Å². The molecule has 0 bridgehead atoms. The lowest BCUT2D eigenvalue weighted by molar-refractivity contribution is -0.0521. The van der Waals surface area contributed by atoms with Crippen LogP contribution in [0.1, 0.15) is 79.1 Å². The summed E-state index contributed by atoms with van der Waals surface area (Å²) in [5.74, 6) is 2.23. The average molecular weight is 458 g/mol. The standard InChI is InChI=1S/C29H47NO3/c1-19(12-14-30-17-21(3)33-18-20(30)2)25-10-11-26-24(7-6-13-29(25,26)5)9-8-23-15-27(31)22(4)28(32)16-23/h8-9,19-21,25-28,31-32H,4,6-7,10-18H2,1-3,5H3/b24-9+/t19?,20-,21-,25-,26+,27-,28-,29-/m1/s1. The van der Waals surface area contributed by atoms with Crippen LogP contribution >= 0.6 is 0 Å². The molecule has 0 aromatic rings. The molecule has 4 heteroatoms. The van der Waals surface area contributed by atoms with Crippen molar-refractivity contribution in [3.63, 3.8) is 0 Å². The fourth-order valence-corrected chi connectivity index (χ4v) is 7.49. The Hall–Kier alpha value is -0.940. The molecule has 3 saturated carbocycles. The van der Waals surface area contributed by atoms with Crippen molar-refractivity contribution in [2.75, 3.05) is 19.7 Å². The van der Waals surface area contributed by atoms with E-state index in [1.807, 2.05) is 0 Å². The van der Waals surface area contributed by atoms with Crippen molar-refractivity contribution in [1.82, 2.24) is 4.90 Å². The van der Waals surface area contributed by atoms with Crippen LogP contribution in [0.25, 0.3) is 0 Å². The molecule has 1 aliphatic heterocycles. The molecule has 1 heterocycles. The molecule has 3 aliphatic carbocycles. The minimum absolute atomic E-state index is 0.356. The maximum Gasteiger partial charge on any atom is 0.0809 e. The van der Waals surface area contributed by atoms with E-state index in [4.69, 9.17) is 4.74 Å². The first-order chi connectivity index (χ1) is 15.7. The smallest absolute Gasteiger partial charge is 0.0809 e. The number of fused-ring (bicyclic) bond motifs is 1. The Morgan fingerprint density at radius 1 is 1.18 bits per heavy atom. The summed E-state index contributed by atoms with van der Waals surface area (Å²) in [5, 5.41) is 20.4. The van der Waals surface area contributed by atoms with Crippen molar-refractivity contribution in [3.05, 3.63) is 35.5 Å². The molecule has 0 aromatic carbocycles. The Morgan fingerprint density at radius 2 is 1.91 bits per heavy atom. The van der Waals surface area contributed by atoms with Crippen LogP contribution in [-0.4, -0.2) is 59.2 Å². The van der Waals surface area contributed by atoms with Crippen molar-refractivity contribution in [2.45, 2.75) is 103 Å². The van der Waals surface area contributed by atoms with E-state index in [0.29, 0.717) is 41.9 Å². The highest BCUT2D eigenvalue weighted by Crippen LogP contribution is 2.59. The summed E-state index contributed by atoms with van der Waals surface area (Å²) in [4.78, 5) is 2.64. The molecule has 0 radical (unpaired) electrons. The molecular weight excluding hydrogens is 410 g/mol. The zero-order valence-corrected chi connectivity index (χ0v) is 21.4. The monoisotopic (exact) mass is 457 g/mol. The van der Waals surface area contributed by atoms with Crippen LogP contribution in [-0.2, 0) is 4.74 Å². The van der Waals surface area contributed by atoms with Crippen LogP contribution in [0.2, 0.25) is 0 Å². The predicted molar refractivity (Wildman–Crippen MR) is 135 cm³/mol. The third kappa shape index (κ3) is 5.34. The zero-order valence-electron chi connectivity index (χ0n) is 21.4. The first-order valence-corrected chi connectivity index (χ1v) is 13.5. The Labute approximate surface area is 201 Å². The lowest BCUT2D eigenvalue weighted by Crippen LogP contribution is -2.48. The Morgan fingerprint density at radius 3 is 2.64 bits per heavy atom. The van der Waals surface area contributed by atoms with Crippen molar-refractivity contribution < 1.29 is 14.9 Å². The molecule has 2 N–H and O–H groups in total. The van der Waals surface area contributed by atoms with Crippen molar-refractivity contribution in [2.24, 2.45) is 23.2 Å². The topological polar surface area (TPSA) is 52.9 Å².